The average Bonchev–Trinajstić information content (AvgIpc) is 3.49. The summed E-state index contributed by atoms with van der Waals surface area (Å²) in [5.41, 5.74) is 4.56. The van der Waals surface area contributed by atoms with Crippen LogP contribution in [-0.4, -0.2) is 52.5 Å². The van der Waals surface area contributed by atoms with Gasteiger partial charge in [0.25, 0.3) is 0 Å². The van der Waals surface area contributed by atoms with E-state index in [9.17, 15) is 5.26 Å². The standard InChI is InChI=1S/C33H48BrN3O3Si2/c1-24-18-30(38-3)31(28-12-13-36(32(24)28)23-40-15-17-42(7,8)9)33(2,22-35)37-20-25-19-26(34)10-11-27(25)29(37)21-39-14-16-41(4,5)6/h10-13,18-19,29H,14-17,20-21,23H2,1-9H3. The molecule has 1 aliphatic heterocycles. The maximum absolute atomic E-state index is 11.0. The van der Waals surface area contributed by atoms with Crippen LogP contribution < -0.4 is 4.74 Å². The molecule has 0 saturated carbocycles. The largest absolute Gasteiger partial charge is 0.496 e. The summed E-state index contributed by atoms with van der Waals surface area (Å²) in [5, 5.41) is 12.0. The zero-order valence-electron chi connectivity index (χ0n) is 26.9. The Morgan fingerprint density at radius 1 is 1.02 bits per heavy atom. The Labute approximate surface area is 263 Å². The topological polar surface area (TPSA) is 59.7 Å². The second-order valence-corrected chi connectivity index (χ2v) is 26.4. The van der Waals surface area contributed by atoms with Crippen LogP contribution in [0.15, 0.2) is 41.0 Å². The number of benzene rings is 2. The van der Waals surface area contributed by atoms with Gasteiger partial charge in [-0.3, -0.25) is 4.90 Å². The smallest absolute Gasteiger partial charge is 0.137 e. The molecule has 6 nitrogen and oxygen atoms in total. The predicted octanol–water partition coefficient (Wildman–Crippen LogP) is 8.68. The number of halogens is 1. The molecular formula is C33H48BrN3O3Si2. The van der Waals surface area contributed by atoms with Crippen LogP contribution in [0.3, 0.4) is 0 Å². The molecule has 0 spiro atoms. The molecule has 2 unspecified atom stereocenters. The molecule has 42 heavy (non-hydrogen) atoms. The number of fused-ring (bicyclic) bond motifs is 2. The maximum Gasteiger partial charge on any atom is 0.137 e. The van der Waals surface area contributed by atoms with Gasteiger partial charge >= 0.3 is 0 Å². The number of nitrogens with zero attached hydrogens (tertiary/aromatic N) is 3. The predicted molar refractivity (Wildman–Crippen MR) is 182 cm³/mol. The molecule has 0 radical (unpaired) electrons. The second kappa shape index (κ2) is 13.0. The molecule has 228 valence electrons. The van der Waals surface area contributed by atoms with Gasteiger partial charge in [-0.2, -0.15) is 5.26 Å². The lowest BCUT2D eigenvalue weighted by Crippen LogP contribution is -2.43. The van der Waals surface area contributed by atoms with E-state index in [-0.39, 0.29) is 6.04 Å². The first-order valence-corrected chi connectivity index (χ1v) is 23.2. The van der Waals surface area contributed by atoms with E-state index in [0.29, 0.717) is 19.9 Å². The number of hydrogen-bond acceptors (Lipinski definition) is 5. The molecule has 1 aliphatic rings. The summed E-state index contributed by atoms with van der Waals surface area (Å²) in [6.45, 7) is 21.5. The van der Waals surface area contributed by atoms with Crippen LogP contribution in [0.25, 0.3) is 10.9 Å². The van der Waals surface area contributed by atoms with Gasteiger partial charge in [0.1, 0.15) is 18.0 Å². The Morgan fingerprint density at radius 3 is 2.31 bits per heavy atom. The third kappa shape index (κ3) is 7.23. The molecule has 2 heterocycles. The Balaban J connectivity index is 1.74. The molecular weight excluding hydrogens is 622 g/mol. The van der Waals surface area contributed by atoms with Crippen molar-refractivity contribution in [1.29, 1.82) is 5.26 Å². The lowest BCUT2D eigenvalue weighted by molar-refractivity contribution is 0.0293. The van der Waals surface area contributed by atoms with Crippen molar-refractivity contribution in [2.45, 2.75) is 90.1 Å². The van der Waals surface area contributed by atoms with Gasteiger partial charge in [-0.15, -0.1) is 0 Å². The fourth-order valence-electron chi connectivity index (χ4n) is 5.88. The van der Waals surface area contributed by atoms with Crippen molar-refractivity contribution in [1.82, 2.24) is 9.47 Å². The number of methoxy groups -OCH3 is 1. The Morgan fingerprint density at radius 2 is 1.69 bits per heavy atom. The van der Waals surface area contributed by atoms with Gasteiger partial charge in [0, 0.05) is 57.5 Å². The second-order valence-electron chi connectivity index (χ2n) is 14.2. The van der Waals surface area contributed by atoms with Gasteiger partial charge < -0.3 is 18.8 Å². The summed E-state index contributed by atoms with van der Waals surface area (Å²) < 4.78 is 21.7. The van der Waals surface area contributed by atoms with Crippen LogP contribution in [0, 0.1) is 18.3 Å². The number of ether oxygens (including phenoxy) is 3. The van der Waals surface area contributed by atoms with Gasteiger partial charge in [-0.1, -0.05) is 61.3 Å². The first-order chi connectivity index (χ1) is 19.7. The van der Waals surface area contributed by atoms with Crippen molar-refractivity contribution in [3.8, 4) is 11.8 Å². The van der Waals surface area contributed by atoms with E-state index in [2.05, 4.69) is 114 Å². The van der Waals surface area contributed by atoms with E-state index in [0.717, 1.165) is 57.6 Å². The SMILES string of the molecule is COc1cc(C)c2c(ccn2COCC[Si](C)(C)C)c1C(C)(C#N)N1Cc2cc(Br)ccc2C1COCC[Si](C)(C)C. The molecule has 2 aromatic carbocycles. The van der Waals surface area contributed by atoms with Gasteiger partial charge in [0.05, 0.1) is 31.3 Å². The minimum atomic E-state index is -1.22. The minimum Gasteiger partial charge on any atom is -0.496 e. The normalized spacial score (nSPS) is 17.3. The lowest BCUT2D eigenvalue weighted by Gasteiger charge is -2.39. The van der Waals surface area contributed by atoms with Crippen molar-refractivity contribution in [2.24, 2.45) is 0 Å². The molecule has 0 N–H and O–H groups in total. The fraction of sp³-hybridized carbons (Fsp3) is 0.545. The highest BCUT2D eigenvalue weighted by atomic mass is 79.9. The molecule has 0 aliphatic carbocycles. The zero-order chi connectivity index (χ0) is 30.9. The monoisotopic (exact) mass is 669 g/mol. The molecule has 3 aromatic rings. The number of aromatic nitrogens is 1. The van der Waals surface area contributed by atoms with Crippen molar-refractivity contribution in [3.63, 3.8) is 0 Å². The molecule has 0 fully saturated rings. The number of nitriles is 1. The van der Waals surface area contributed by atoms with Crippen molar-refractivity contribution in [2.75, 3.05) is 26.9 Å². The Hall–Kier alpha value is -1.94. The maximum atomic E-state index is 11.0. The summed E-state index contributed by atoms with van der Waals surface area (Å²) >= 11 is 3.66. The first kappa shape index (κ1) is 33.0. The van der Waals surface area contributed by atoms with Crippen LogP contribution in [0.5, 0.6) is 5.75 Å². The van der Waals surface area contributed by atoms with Crippen LogP contribution in [0.1, 0.15) is 35.2 Å². The minimum absolute atomic E-state index is 0.0487. The molecule has 0 amide bonds. The highest BCUT2D eigenvalue weighted by Crippen LogP contribution is 2.48. The number of rotatable bonds is 13. The van der Waals surface area contributed by atoms with E-state index in [1.54, 1.807) is 7.11 Å². The average molecular weight is 671 g/mol. The van der Waals surface area contributed by atoms with Crippen molar-refractivity contribution < 1.29 is 14.2 Å². The molecule has 4 rings (SSSR count). The van der Waals surface area contributed by atoms with Gasteiger partial charge in [0.2, 0.25) is 0 Å². The van der Waals surface area contributed by atoms with E-state index < -0.39 is 21.7 Å². The summed E-state index contributed by atoms with van der Waals surface area (Å²) in [6, 6.07) is 15.6. The Bertz CT molecular complexity index is 1450. The summed E-state index contributed by atoms with van der Waals surface area (Å²) in [7, 11) is -0.692. The fourth-order valence-corrected chi connectivity index (χ4v) is 7.80. The van der Waals surface area contributed by atoms with Crippen molar-refractivity contribution in [3.05, 3.63) is 63.3 Å². The molecule has 1 aromatic heterocycles. The third-order valence-corrected chi connectivity index (χ3v) is 12.3. The molecule has 2 atom stereocenters. The highest BCUT2D eigenvalue weighted by molar-refractivity contribution is 9.10. The van der Waals surface area contributed by atoms with Gasteiger partial charge in [-0.05, 0) is 66.9 Å². The van der Waals surface area contributed by atoms with Gasteiger partial charge in [-0.25, -0.2) is 0 Å². The van der Waals surface area contributed by atoms with Crippen LogP contribution in [-0.2, 0) is 28.3 Å². The van der Waals surface area contributed by atoms with E-state index >= 15 is 0 Å². The highest BCUT2D eigenvalue weighted by Gasteiger charge is 2.46. The summed E-state index contributed by atoms with van der Waals surface area (Å²) in [6.07, 6.45) is 2.08. The number of hydrogen-bond donors (Lipinski definition) is 0. The molecule has 0 saturated heterocycles. The van der Waals surface area contributed by atoms with Gasteiger partial charge in [0.15, 0.2) is 0 Å². The zero-order valence-corrected chi connectivity index (χ0v) is 30.5. The van der Waals surface area contributed by atoms with E-state index in [4.69, 9.17) is 14.2 Å². The van der Waals surface area contributed by atoms with Crippen molar-refractivity contribution >= 4 is 43.0 Å². The quantitative estimate of drug-likeness (QED) is 0.135. The first-order valence-electron chi connectivity index (χ1n) is 15.0. The van der Waals surface area contributed by atoms with Crippen LogP contribution >= 0.6 is 15.9 Å². The lowest BCUT2D eigenvalue weighted by atomic mass is 9.86. The molecule has 0 bridgehead atoms. The van der Waals surface area contributed by atoms with Crippen LogP contribution in [0.4, 0.5) is 0 Å². The summed E-state index contributed by atoms with van der Waals surface area (Å²) in [4.78, 5) is 2.31. The Kier molecular flexibility index (Phi) is 10.2. The van der Waals surface area contributed by atoms with E-state index in [1.807, 2.05) is 6.92 Å². The van der Waals surface area contributed by atoms with E-state index in [1.165, 1.54) is 11.1 Å². The number of aryl methyl sites for hydroxylation is 1. The summed E-state index contributed by atoms with van der Waals surface area (Å²) in [5.74, 6) is 0.733. The molecule has 9 heteroatoms. The van der Waals surface area contributed by atoms with Crippen LogP contribution in [0.2, 0.25) is 51.4 Å². The third-order valence-electron chi connectivity index (χ3n) is 8.38.